The maximum atomic E-state index is 14.3. The number of benzene rings is 1. The molecule has 71 heavy (non-hydrogen) atoms. The van der Waals surface area contributed by atoms with Crippen LogP contribution < -0.4 is 0 Å². The number of hydrogen-bond donors (Lipinski definition) is 5. The number of halogens is 1. The molecule has 21 nitrogen and oxygen atoms in total. The number of methoxy groups -OCH3 is 1. The molecule has 3 saturated heterocycles. The Labute approximate surface area is 432 Å². The van der Waals surface area contributed by atoms with E-state index in [0.29, 0.717) is 45.6 Å². The Morgan fingerprint density at radius 2 is 1.63 bits per heavy atom. The number of aromatic nitrogens is 3. The first-order valence-electron chi connectivity index (χ1n) is 24.8. The van der Waals surface area contributed by atoms with E-state index in [1.807, 2.05) is 73.6 Å². The number of carbonyl (C=O) groups is 1. The van der Waals surface area contributed by atoms with Crippen molar-refractivity contribution < 1.29 is 63.7 Å². The van der Waals surface area contributed by atoms with Gasteiger partial charge in [-0.25, -0.2) is 0 Å². The molecule has 1 aromatic carbocycles. The largest absolute Gasteiger partial charge is 0.448 e. The number of carbonyl (C=O) groups excluding carboxylic acids is 1. The summed E-state index contributed by atoms with van der Waals surface area (Å²) in [5.41, 5.74) is -2.79. The van der Waals surface area contributed by atoms with Crippen molar-refractivity contribution in [3.8, 4) is 0 Å². The number of likely N-dealkylation sites (N-methyl/N-ethyl adjacent to an activating group) is 3. The number of non-ortho nitro benzene ring substituents is 1. The third-order valence-electron chi connectivity index (χ3n) is 15.1. The van der Waals surface area contributed by atoms with Crippen molar-refractivity contribution in [2.45, 2.75) is 189 Å². The number of nitro benzene ring substituents is 1. The lowest BCUT2D eigenvalue weighted by Crippen LogP contribution is -2.60. The van der Waals surface area contributed by atoms with E-state index in [-0.39, 0.29) is 30.6 Å². The molecule has 4 heterocycles. The number of cyclic esters (lactones) is 1. The molecule has 0 saturated carbocycles. The summed E-state index contributed by atoms with van der Waals surface area (Å²) in [4.78, 5) is 31.0. The summed E-state index contributed by atoms with van der Waals surface area (Å²) in [6.45, 7) is 18.4. The van der Waals surface area contributed by atoms with Crippen molar-refractivity contribution in [3.05, 3.63) is 51.8 Å². The molecular formula is C49H82IN7O14. The minimum Gasteiger partial charge on any atom is -0.448 e. The SMILES string of the molecule is CO[C@]1(C)C[C@H](O[C@H]2[C@H](C)[C@@H](O[C@@H]3O[C@H](C)C[C@H](N(C)CCc4cn(CCN(C)Cc5ccc([N+](=O)[O-])cc5)nn4)[C@H]3O)[C@](C)(O)C[C@@H](C)CN(C)[C@H](C)[C@@H](O)[C@](C)(O)[C@@H](I)OC(=O)[C@@H]2C)O[C@@H](C)[C@@H]1O. The van der Waals surface area contributed by atoms with Gasteiger partial charge in [-0.15, -0.1) is 5.10 Å². The average Bonchev–Trinajstić information content (AvgIpc) is 3.77. The second kappa shape index (κ2) is 24.9. The predicted octanol–water partition coefficient (Wildman–Crippen LogP) is 3.13. The molecule has 0 spiro atoms. The maximum absolute atomic E-state index is 14.3. The van der Waals surface area contributed by atoms with Gasteiger partial charge >= 0.3 is 5.97 Å². The number of rotatable bonds is 15. The topological polar surface area (TPSA) is 257 Å². The molecule has 3 aliphatic rings. The van der Waals surface area contributed by atoms with Crippen LogP contribution in [0.3, 0.4) is 0 Å². The van der Waals surface area contributed by atoms with Crippen molar-refractivity contribution >= 4 is 34.2 Å². The Bertz CT molecular complexity index is 2020. The molecular weight excluding hydrogens is 1040 g/mol. The average molecular weight is 1120 g/mol. The molecule has 0 aliphatic carbocycles. The van der Waals surface area contributed by atoms with Gasteiger partial charge in [0.1, 0.15) is 23.9 Å². The number of alkyl halides is 1. The highest BCUT2D eigenvalue weighted by atomic mass is 127. The van der Waals surface area contributed by atoms with Crippen LogP contribution in [0.15, 0.2) is 30.5 Å². The second-order valence-corrected chi connectivity index (χ2v) is 22.6. The highest BCUT2D eigenvalue weighted by molar-refractivity contribution is 14.1. The fourth-order valence-corrected chi connectivity index (χ4v) is 11.1. The van der Waals surface area contributed by atoms with Gasteiger partial charge in [-0.3, -0.25) is 19.6 Å². The summed E-state index contributed by atoms with van der Waals surface area (Å²) in [7, 11) is 7.21. The Morgan fingerprint density at radius 3 is 2.27 bits per heavy atom. The first-order chi connectivity index (χ1) is 33.1. The molecule has 5 rings (SSSR count). The third kappa shape index (κ3) is 14.9. The van der Waals surface area contributed by atoms with Crippen molar-refractivity contribution in [1.29, 1.82) is 0 Å². The molecule has 0 amide bonds. The molecule has 5 N–H and O–H groups in total. The number of aliphatic hydroxyl groups is 5. The summed E-state index contributed by atoms with van der Waals surface area (Å²) in [5, 5.41) is 79.0. The van der Waals surface area contributed by atoms with Crippen LogP contribution >= 0.6 is 22.6 Å². The van der Waals surface area contributed by atoms with E-state index in [1.54, 1.807) is 58.4 Å². The maximum Gasteiger partial charge on any atom is 0.312 e. The lowest BCUT2D eigenvalue weighted by molar-refractivity contribution is -0.384. The molecule has 3 fully saturated rings. The zero-order chi connectivity index (χ0) is 52.9. The molecule has 0 unspecified atom stereocenters. The zero-order valence-electron chi connectivity index (χ0n) is 43.8. The lowest BCUT2D eigenvalue weighted by atomic mass is 9.77. The van der Waals surface area contributed by atoms with Crippen LogP contribution in [0.5, 0.6) is 0 Å². The van der Waals surface area contributed by atoms with E-state index in [1.165, 1.54) is 26.2 Å². The van der Waals surface area contributed by atoms with Crippen LogP contribution in [0.2, 0.25) is 0 Å². The number of aliphatic hydroxyl groups excluding tert-OH is 3. The summed E-state index contributed by atoms with van der Waals surface area (Å²) in [5.74, 6) is -2.85. The minimum atomic E-state index is -1.86. The first kappa shape index (κ1) is 59.3. The molecule has 18 atom stereocenters. The van der Waals surface area contributed by atoms with Crippen LogP contribution in [0.25, 0.3) is 0 Å². The van der Waals surface area contributed by atoms with Gasteiger partial charge < -0.3 is 68.7 Å². The molecule has 0 radical (unpaired) electrons. The monoisotopic (exact) mass is 1120 g/mol. The minimum absolute atomic E-state index is 0.0533. The van der Waals surface area contributed by atoms with E-state index in [2.05, 4.69) is 15.2 Å². The fourth-order valence-electron chi connectivity index (χ4n) is 10.5. The number of nitrogens with zero attached hydrogens (tertiary/aromatic N) is 7. The van der Waals surface area contributed by atoms with E-state index in [0.717, 1.165) is 11.3 Å². The van der Waals surface area contributed by atoms with Crippen molar-refractivity contribution in [1.82, 2.24) is 29.7 Å². The van der Waals surface area contributed by atoms with E-state index in [9.17, 15) is 40.4 Å². The normalized spacial score (nSPS) is 39.5. The van der Waals surface area contributed by atoms with Crippen LogP contribution in [-0.4, -0.2) is 202 Å². The standard InChI is InChI=1S/C49H82IN7O14/c1-28-23-47(7,62)43(30(3)40(69-38-24-48(8,66-13)42(60)33(6)68-38)31(4)44(61)71-46(50)49(9,63)41(59)32(5)55(12)25-28)70-45-39(58)37(22-29(2)67-45)54(11)19-18-35-27-56(52-51-35)21-20-53(10)26-34-14-16-36(17-15-34)57(64)65/h14-17,27-33,37-43,45-46,58-60,62-63H,18-26H2,1-13H3/t28-,29-,30+,31-,32-,33+,37+,38+,39-,40+,41-,42+,43-,45+,46+,47-,48-,49+/m1/s1. The third-order valence-corrected chi connectivity index (χ3v) is 16.6. The van der Waals surface area contributed by atoms with Gasteiger partial charge in [0.25, 0.3) is 5.69 Å². The quantitative estimate of drug-likeness (QED) is 0.0565. The van der Waals surface area contributed by atoms with Crippen LogP contribution in [0.1, 0.15) is 92.8 Å². The summed E-state index contributed by atoms with van der Waals surface area (Å²) in [6.07, 6.45) is -5.84. The van der Waals surface area contributed by atoms with Gasteiger partial charge in [0.05, 0.1) is 58.7 Å². The number of ether oxygens (including phenoxy) is 6. The predicted molar refractivity (Wildman–Crippen MR) is 270 cm³/mol. The molecule has 0 bridgehead atoms. The Kier molecular flexibility index (Phi) is 20.8. The number of esters is 1. The smallest absolute Gasteiger partial charge is 0.312 e. The Morgan fingerprint density at radius 1 is 0.972 bits per heavy atom. The van der Waals surface area contributed by atoms with Gasteiger partial charge in [-0.05, 0) is 117 Å². The van der Waals surface area contributed by atoms with Crippen molar-refractivity contribution in [3.63, 3.8) is 0 Å². The van der Waals surface area contributed by atoms with Gasteiger partial charge in [-0.1, -0.05) is 31.2 Å². The molecule has 1 aromatic heterocycles. The first-order valence-corrected chi connectivity index (χ1v) is 26.0. The van der Waals surface area contributed by atoms with Gasteiger partial charge in [-0.2, -0.15) is 0 Å². The van der Waals surface area contributed by atoms with Gasteiger partial charge in [0, 0.05) is 82.5 Å². The molecule has 404 valence electrons. The van der Waals surface area contributed by atoms with Crippen molar-refractivity contribution in [2.75, 3.05) is 47.9 Å². The summed E-state index contributed by atoms with van der Waals surface area (Å²) >= 11 is 1.82. The van der Waals surface area contributed by atoms with Crippen molar-refractivity contribution in [2.24, 2.45) is 17.8 Å². The van der Waals surface area contributed by atoms with Gasteiger partial charge in [0.15, 0.2) is 16.7 Å². The highest BCUT2D eigenvalue weighted by Crippen LogP contribution is 2.40. The Hall–Kier alpha value is -2.56. The van der Waals surface area contributed by atoms with E-state index in [4.69, 9.17) is 28.4 Å². The summed E-state index contributed by atoms with van der Waals surface area (Å²) in [6, 6.07) is 5.50. The molecule has 22 heteroatoms. The van der Waals surface area contributed by atoms with Gasteiger partial charge in [0.2, 0.25) is 0 Å². The molecule has 3 aliphatic heterocycles. The zero-order valence-corrected chi connectivity index (χ0v) is 46.0. The van der Waals surface area contributed by atoms with E-state index >= 15 is 0 Å². The van der Waals surface area contributed by atoms with Crippen LogP contribution in [0, 0.1) is 27.9 Å². The van der Waals surface area contributed by atoms with Crippen LogP contribution in [0.4, 0.5) is 5.69 Å². The van der Waals surface area contributed by atoms with Crippen LogP contribution in [-0.2, 0) is 52.7 Å². The number of nitro groups is 1. The van der Waals surface area contributed by atoms with E-state index < -0.39 is 105 Å². The number of hydrogen-bond acceptors (Lipinski definition) is 19. The molecule has 2 aromatic rings. The second-order valence-electron chi connectivity index (χ2n) is 21.5. The highest BCUT2D eigenvalue weighted by Gasteiger charge is 2.53. The lowest BCUT2D eigenvalue weighted by Gasteiger charge is -2.49. The Balaban J connectivity index is 1.37. The summed E-state index contributed by atoms with van der Waals surface area (Å²) < 4.78 is 38.6. The fraction of sp³-hybridized carbons (Fsp3) is 0.816.